The number of aryl methyl sites for hydroxylation is 1. The quantitative estimate of drug-likeness (QED) is 0.898. The Balaban J connectivity index is 2.36. The molecular weight excluding hydrogens is 326 g/mol. The molecule has 0 radical (unpaired) electrons. The van der Waals surface area contributed by atoms with E-state index in [9.17, 15) is 22.0 Å². The summed E-state index contributed by atoms with van der Waals surface area (Å²) in [7, 11) is -2.44. The van der Waals surface area contributed by atoms with Gasteiger partial charge in [-0.1, -0.05) is 6.07 Å². The lowest BCUT2D eigenvalue weighted by Crippen LogP contribution is -2.20. The van der Waals surface area contributed by atoms with E-state index in [-0.39, 0.29) is 10.6 Å². The molecule has 0 aliphatic rings. The van der Waals surface area contributed by atoms with Crippen molar-refractivity contribution in [3.8, 4) is 0 Å². The zero-order valence-electron chi connectivity index (χ0n) is 12.4. The fourth-order valence-electron chi connectivity index (χ4n) is 1.95. The molecule has 0 aliphatic carbocycles. The molecule has 1 amide bonds. The summed E-state index contributed by atoms with van der Waals surface area (Å²) in [6.45, 7) is 1.60. The molecule has 0 saturated heterocycles. The molecule has 0 fully saturated rings. The average Bonchev–Trinajstić information content (AvgIpc) is 2.51. The van der Waals surface area contributed by atoms with Gasteiger partial charge in [-0.3, -0.25) is 4.79 Å². The number of sulfonamides is 1. The van der Waals surface area contributed by atoms with Crippen molar-refractivity contribution in [2.24, 2.45) is 0 Å². The van der Waals surface area contributed by atoms with Crippen molar-refractivity contribution in [1.29, 1.82) is 0 Å². The van der Waals surface area contributed by atoms with Crippen molar-refractivity contribution < 1.29 is 22.0 Å². The van der Waals surface area contributed by atoms with Crippen molar-refractivity contribution in [1.82, 2.24) is 4.72 Å². The molecule has 8 heteroatoms. The van der Waals surface area contributed by atoms with Gasteiger partial charge in [0.15, 0.2) is 0 Å². The molecule has 2 N–H and O–H groups in total. The second-order valence-electron chi connectivity index (χ2n) is 4.77. The summed E-state index contributed by atoms with van der Waals surface area (Å²) in [6, 6.07) is 6.73. The van der Waals surface area contributed by atoms with Gasteiger partial charge in [0.2, 0.25) is 10.0 Å². The highest BCUT2D eigenvalue weighted by Crippen LogP contribution is 2.21. The number of nitrogens with one attached hydrogen (secondary N) is 2. The molecule has 2 rings (SSSR count). The number of anilines is 1. The minimum Gasteiger partial charge on any atom is -0.322 e. The van der Waals surface area contributed by atoms with E-state index in [4.69, 9.17) is 0 Å². The van der Waals surface area contributed by atoms with Gasteiger partial charge in [-0.05, 0) is 49.9 Å². The number of halogens is 2. The Labute approximate surface area is 132 Å². The minimum atomic E-state index is -3.70. The van der Waals surface area contributed by atoms with Gasteiger partial charge in [0.1, 0.15) is 11.6 Å². The van der Waals surface area contributed by atoms with Crippen LogP contribution in [0.25, 0.3) is 0 Å². The molecular formula is C15H14F2N2O3S. The Morgan fingerprint density at radius 3 is 2.43 bits per heavy atom. The van der Waals surface area contributed by atoms with Crippen molar-refractivity contribution in [2.75, 3.05) is 12.4 Å². The molecule has 0 aromatic heterocycles. The summed E-state index contributed by atoms with van der Waals surface area (Å²) in [6.07, 6.45) is 0. The van der Waals surface area contributed by atoms with E-state index >= 15 is 0 Å². The summed E-state index contributed by atoms with van der Waals surface area (Å²) in [4.78, 5) is 12.0. The van der Waals surface area contributed by atoms with Gasteiger partial charge >= 0.3 is 0 Å². The van der Waals surface area contributed by atoms with Crippen LogP contribution in [0.1, 0.15) is 15.9 Å². The third kappa shape index (κ3) is 3.72. The third-order valence-electron chi connectivity index (χ3n) is 3.18. The van der Waals surface area contributed by atoms with Crippen LogP contribution in [0.5, 0.6) is 0 Å². The van der Waals surface area contributed by atoms with E-state index in [1.165, 1.54) is 25.2 Å². The molecule has 0 saturated carbocycles. The topological polar surface area (TPSA) is 75.3 Å². The van der Waals surface area contributed by atoms with E-state index < -0.39 is 33.1 Å². The SMILES string of the molecule is CNS(=O)(=O)c1cc(NC(=O)c2cc(F)ccc2F)ccc1C. The maximum absolute atomic E-state index is 13.6. The van der Waals surface area contributed by atoms with Crippen LogP contribution in [-0.4, -0.2) is 21.4 Å². The highest BCUT2D eigenvalue weighted by Gasteiger charge is 2.17. The monoisotopic (exact) mass is 340 g/mol. The summed E-state index contributed by atoms with van der Waals surface area (Å²) >= 11 is 0. The predicted octanol–water partition coefficient (Wildman–Crippen LogP) is 2.43. The zero-order chi connectivity index (χ0) is 17.2. The maximum Gasteiger partial charge on any atom is 0.258 e. The fraction of sp³-hybridized carbons (Fsp3) is 0.133. The Morgan fingerprint density at radius 2 is 1.78 bits per heavy atom. The van der Waals surface area contributed by atoms with Crippen molar-refractivity contribution in [2.45, 2.75) is 11.8 Å². The summed E-state index contributed by atoms with van der Waals surface area (Å²) in [5.41, 5.74) is 0.163. The molecule has 23 heavy (non-hydrogen) atoms. The number of rotatable bonds is 4. The van der Waals surface area contributed by atoms with Gasteiger partial charge in [-0.15, -0.1) is 0 Å². The number of carbonyl (C=O) groups is 1. The molecule has 0 spiro atoms. The smallest absolute Gasteiger partial charge is 0.258 e. The van der Waals surface area contributed by atoms with E-state index in [1.807, 2.05) is 0 Å². The van der Waals surface area contributed by atoms with Crippen molar-refractivity contribution in [3.63, 3.8) is 0 Å². The summed E-state index contributed by atoms with van der Waals surface area (Å²) in [5.74, 6) is -2.50. The molecule has 122 valence electrons. The molecule has 0 aliphatic heterocycles. The van der Waals surface area contributed by atoms with Crippen LogP contribution in [0.4, 0.5) is 14.5 Å². The zero-order valence-corrected chi connectivity index (χ0v) is 13.2. The highest BCUT2D eigenvalue weighted by atomic mass is 32.2. The van der Waals surface area contributed by atoms with Gasteiger partial charge < -0.3 is 5.32 Å². The van der Waals surface area contributed by atoms with E-state index in [0.717, 1.165) is 18.2 Å². The average molecular weight is 340 g/mol. The van der Waals surface area contributed by atoms with Gasteiger partial charge in [-0.2, -0.15) is 0 Å². The van der Waals surface area contributed by atoms with Gasteiger partial charge in [0, 0.05) is 5.69 Å². The first-order valence-corrected chi connectivity index (χ1v) is 8.03. The first-order valence-electron chi connectivity index (χ1n) is 6.55. The third-order valence-corrected chi connectivity index (χ3v) is 4.73. The van der Waals surface area contributed by atoms with Crippen molar-refractivity contribution >= 4 is 21.6 Å². The first kappa shape index (κ1) is 17.0. The molecule has 0 atom stereocenters. The summed E-state index contributed by atoms with van der Waals surface area (Å²) < 4.78 is 52.7. The van der Waals surface area contributed by atoms with Crippen molar-refractivity contribution in [3.05, 3.63) is 59.2 Å². The summed E-state index contributed by atoms with van der Waals surface area (Å²) in [5, 5.41) is 2.35. The Hall–Kier alpha value is -2.32. The molecule has 2 aromatic rings. The lowest BCUT2D eigenvalue weighted by Gasteiger charge is -2.11. The van der Waals surface area contributed by atoms with Crippen LogP contribution < -0.4 is 10.0 Å². The Kier molecular flexibility index (Phi) is 4.76. The normalized spacial score (nSPS) is 11.3. The number of hydrogen-bond donors (Lipinski definition) is 2. The lowest BCUT2D eigenvalue weighted by molar-refractivity contribution is 0.102. The van der Waals surface area contributed by atoms with Crippen LogP contribution in [0.2, 0.25) is 0 Å². The van der Waals surface area contributed by atoms with E-state index in [2.05, 4.69) is 10.0 Å². The lowest BCUT2D eigenvalue weighted by atomic mass is 10.1. The standard InChI is InChI=1S/C15H14F2N2O3S/c1-9-3-5-11(8-14(9)23(21,22)18-2)19-15(20)12-7-10(16)4-6-13(12)17/h3-8,18H,1-2H3,(H,19,20). The second-order valence-corrected chi connectivity index (χ2v) is 6.62. The maximum atomic E-state index is 13.6. The minimum absolute atomic E-state index is 0.0162. The largest absolute Gasteiger partial charge is 0.322 e. The van der Waals surface area contributed by atoms with E-state index in [0.29, 0.717) is 5.56 Å². The van der Waals surface area contributed by atoms with Crippen LogP contribution in [0.3, 0.4) is 0 Å². The van der Waals surface area contributed by atoms with Crippen LogP contribution in [0.15, 0.2) is 41.3 Å². The van der Waals surface area contributed by atoms with Gasteiger partial charge in [-0.25, -0.2) is 21.9 Å². The number of carbonyl (C=O) groups excluding carboxylic acids is 1. The fourth-order valence-corrected chi connectivity index (χ4v) is 2.94. The molecule has 0 heterocycles. The van der Waals surface area contributed by atoms with Crippen LogP contribution >= 0.6 is 0 Å². The van der Waals surface area contributed by atoms with Gasteiger partial charge in [0.25, 0.3) is 5.91 Å². The highest BCUT2D eigenvalue weighted by molar-refractivity contribution is 7.89. The van der Waals surface area contributed by atoms with Gasteiger partial charge in [0.05, 0.1) is 10.5 Å². The van der Waals surface area contributed by atoms with Crippen LogP contribution in [0, 0.1) is 18.6 Å². The second kappa shape index (κ2) is 6.43. The number of benzene rings is 2. The van der Waals surface area contributed by atoms with E-state index in [1.54, 1.807) is 6.92 Å². The molecule has 0 unspecified atom stereocenters. The number of hydrogen-bond acceptors (Lipinski definition) is 3. The molecule has 0 bridgehead atoms. The predicted molar refractivity (Wildman–Crippen MR) is 81.7 cm³/mol. The molecule has 5 nitrogen and oxygen atoms in total. The Morgan fingerprint density at radius 1 is 1.09 bits per heavy atom. The van der Waals surface area contributed by atoms with Crippen LogP contribution in [-0.2, 0) is 10.0 Å². The first-order chi connectivity index (χ1) is 10.7. The Bertz CT molecular complexity index is 867. The molecule has 2 aromatic carbocycles. The number of amides is 1.